The van der Waals surface area contributed by atoms with E-state index in [0.717, 1.165) is 47.8 Å². The summed E-state index contributed by atoms with van der Waals surface area (Å²) in [5, 5.41) is 9.92. The van der Waals surface area contributed by atoms with Gasteiger partial charge in [0, 0.05) is 42.8 Å². The van der Waals surface area contributed by atoms with Gasteiger partial charge >= 0.3 is 0 Å². The van der Waals surface area contributed by atoms with Gasteiger partial charge in [0.25, 0.3) is 0 Å². The van der Waals surface area contributed by atoms with Gasteiger partial charge in [-0.3, -0.25) is 4.79 Å². The van der Waals surface area contributed by atoms with E-state index in [0.29, 0.717) is 25.4 Å². The molecule has 1 aromatic heterocycles. The van der Waals surface area contributed by atoms with Crippen LogP contribution in [0, 0.1) is 12.7 Å². The highest BCUT2D eigenvalue weighted by atomic mass is 32.1. The summed E-state index contributed by atoms with van der Waals surface area (Å²) in [4.78, 5) is 19.3. The van der Waals surface area contributed by atoms with Crippen LogP contribution in [0.2, 0.25) is 0 Å². The summed E-state index contributed by atoms with van der Waals surface area (Å²) in [6, 6.07) is 15.6. The molecule has 0 aliphatic carbocycles. The molecule has 180 valence electrons. The van der Waals surface area contributed by atoms with Crippen LogP contribution in [0.1, 0.15) is 47.6 Å². The van der Waals surface area contributed by atoms with E-state index in [-0.39, 0.29) is 17.8 Å². The van der Waals surface area contributed by atoms with E-state index in [1.54, 1.807) is 17.4 Å². The molecule has 0 saturated carbocycles. The first-order chi connectivity index (χ1) is 16.5. The first-order valence-corrected chi connectivity index (χ1v) is 12.9. The average molecular weight is 481 g/mol. The van der Waals surface area contributed by atoms with Gasteiger partial charge < -0.3 is 15.5 Å². The lowest BCUT2D eigenvalue weighted by Gasteiger charge is -2.35. The molecule has 34 heavy (non-hydrogen) atoms. The maximum absolute atomic E-state index is 13.2. The van der Waals surface area contributed by atoms with Crippen molar-refractivity contribution in [2.45, 2.75) is 51.6 Å². The summed E-state index contributed by atoms with van der Waals surface area (Å²) < 4.78 is 13.2. The Hall–Kier alpha value is -2.77. The molecule has 1 aliphatic rings. The highest BCUT2D eigenvalue weighted by Crippen LogP contribution is 2.23. The molecule has 1 atom stereocenters. The van der Waals surface area contributed by atoms with Gasteiger partial charge in [-0.2, -0.15) is 0 Å². The molecule has 1 saturated heterocycles. The van der Waals surface area contributed by atoms with Crippen molar-refractivity contribution in [1.29, 1.82) is 0 Å². The minimum Gasteiger partial charge on any atom is -0.371 e. The number of amides is 1. The molecule has 1 aliphatic heterocycles. The van der Waals surface area contributed by atoms with Crippen molar-refractivity contribution in [1.82, 2.24) is 15.6 Å². The molecule has 7 heteroatoms. The maximum Gasteiger partial charge on any atom is 0.224 e. The van der Waals surface area contributed by atoms with Crippen LogP contribution in [-0.2, 0) is 17.6 Å². The lowest BCUT2D eigenvalue weighted by atomic mass is 10.0. The molecule has 2 heterocycles. The summed E-state index contributed by atoms with van der Waals surface area (Å²) in [5.41, 5.74) is 4.22. The quantitative estimate of drug-likeness (QED) is 0.461. The number of aryl methyl sites for hydroxylation is 1. The number of anilines is 1. The molecular formula is C27H33FN4OS. The van der Waals surface area contributed by atoms with Crippen LogP contribution in [0.4, 0.5) is 10.1 Å². The Balaban J connectivity index is 1.19. The Morgan fingerprint density at radius 1 is 1.18 bits per heavy atom. The standard InChI is InChI=1S/C27H33FN4OS/c1-19(26-18-34-20(2)31-26)30-24-11-14-32(15-12-24)25-8-6-22(7-9-25)17-27(33)29-13-10-21-4-3-5-23(28)16-21/h3-9,16,18-19,24,30H,10-15,17H2,1-2H3,(H,29,33)/t19-/m0/s1. The predicted molar refractivity (Wildman–Crippen MR) is 137 cm³/mol. The van der Waals surface area contributed by atoms with Gasteiger partial charge in [0.1, 0.15) is 5.82 Å². The highest BCUT2D eigenvalue weighted by molar-refractivity contribution is 7.09. The topological polar surface area (TPSA) is 57.3 Å². The van der Waals surface area contributed by atoms with Crippen molar-refractivity contribution in [3.63, 3.8) is 0 Å². The predicted octanol–water partition coefficient (Wildman–Crippen LogP) is 4.81. The van der Waals surface area contributed by atoms with Crippen LogP contribution in [0.3, 0.4) is 0 Å². The van der Waals surface area contributed by atoms with Gasteiger partial charge in [-0.25, -0.2) is 9.37 Å². The van der Waals surface area contributed by atoms with Crippen LogP contribution in [0.5, 0.6) is 0 Å². The monoisotopic (exact) mass is 480 g/mol. The summed E-state index contributed by atoms with van der Waals surface area (Å²) in [6.07, 6.45) is 3.17. The number of piperidine rings is 1. The number of carbonyl (C=O) groups is 1. The molecule has 2 N–H and O–H groups in total. The molecular weight excluding hydrogens is 447 g/mol. The van der Waals surface area contributed by atoms with E-state index in [9.17, 15) is 9.18 Å². The smallest absolute Gasteiger partial charge is 0.224 e. The first-order valence-electron chi connectivity index (χ1n) is 12.0. The van der Waals surface area contributed by atoms with E-state index < -0.39 is 0 Å². The second-order valence-electron chi connectivity index (χ2n) is 9.01. The third-order valence-electron chi connectivity index (χ3n) is 6.35. The Morgan fingerprint density at radius 2 is 1.94 bits per heavy atom. The lowest BCUT2D eigenvalue weighted by molar-refractivity contribution is -0.120. The summed E-state index contributed by atoms with van der Waals surface area (Å²) >= 11 is 1.70. The minimum atomic E-state index is -0.246. The number of rotatable bonds is 9. The number of thiazole rings is 1. The minimum absolute atomic E-state index is 0.0135. The molecule has 2 aromatic carbocycles. The van der Waals surface area contributed by atoms with Crippen molar-refractivity contribution in [2.24, 2.45) is 0 Å². The Labute approximate surface area is 205 Å². The van der Waals surface area contributed by atoms with Crippen LogP contribution in [0.25, 0.3) is 0 Å². The van der Waals surface area contributed by atoms with Crippen molar-refractivity contribution in [2.75, 3.05) is 24.5 Å². The van der Waals surface area contributed by atoms with Crippen molar-refractivity contribution < 1.29 is 9.18 Å². The molecule has 0 spiro atoms. The van der Waals surface area contributed by atoms with Crippen LogP contribution < -0.4 is 15.5 Å². The van der Waals surface area contributed by atoms with Crippen LogP contribution >= 0.6 is 11.3 Å². The van der Waals surface area contributed by atoms with Crippen LogP contribution in [-0.4, -0.2) is 36.6 Å². The fourth-order valence-corrected chi connectivity index (χ4v) is 5.14. The third kappa shape index (κ3) is 6.87. The van der Waals surface area contributed by atoms with E-state index in [1.807, 2.05) is 25.1 Å². The maximum atomic E-state index is 13.2. The zero-order chi connectivity index (χ0) is 23.9. The average Bonchev–Trinajstić information content (AvgIpc) is 3.27. The summed E-state index contributed by atoms with van der Waals surface area (Å²) in [7, 11) is 0. The van der Waals surface area contributed by atoms with E-state index >= 15 is 0 Å². The second-order valence-corrected chi connectivity index (χ2v) is 10.1. The van der Waals surface area contributed by atoms with E-state index in [1.165, 1.54) is 17.8 Å². The molecule has 1 amide bonds. The van der Waals surface area contributed by atoms with Gasteiger partial charge in [-0.05, 0) is 68.5 Å². The second kappa shape index (κ2) is 11.6. The molecule has 0 unspecified atom stereocenters. The zero-order valence-corrected chi connectivity index (χ0v) is 20.7. The normalized spacial score (nSPS) is 15.3. The molecule has 1 fully saturated rings. The van der Waals surface area contributed by atoms with Crippen molar-refractivity contribution >= 4 is 22.9 Å². The lowest BCUT2D eigenvalue weighted by Crippen LogP contribution is -2.43. The Morgan fingerprint density at radius 3 is 2.62 bits per heavy atom. The Bertz CT molecular complexity index is 1080. The summed E-state index contributed by atoms with van der Waals surface area (Å²) in [6.45, 7) is 6.77. The fraction of sp³-hybridized carbons (Fsp3) is 0.407. The van der Waals surface area contributed by atoms with E-state index in [2.05, 4.69) is 45.0 Å². The molecule has 3 aromatic rings. The SMILES string of the molecule is Cc1nc([C@H](C)NC2CCN(c3ccc(CC(=O)NCCc4cccc(F)c4)cc3)CC2)cs1. The number of benzene rings is 2. The molecule has 0 bridgehead atoms. The number of nitrogens with one attached hydrogen (secondary N) is 2. The number of hydrogen-bond acceptors (Lipinski definition) is 5. The highest BCUT2D eigenvalue weighted by Gasteiger charge is 2.22. The van der Waals surface area contributed by atoms with Gasteiger partial charge in [0.2, 0.25) is 5.91 Å². The number of hydrogen-bond donors (Lipinski definition) is 2. The van der Waals surface area contributed by atoms with Crippen LogP contribution in [0.15, 0.2) is 53.9 Å². The molecule has 4 rings (SSSR count). The van der Waals surface area contributed by atoms with Crippen molar-refractivity contribution in [3.8, 4) is 0 Å². The number of nitrogens with zero attached hydrogens (tertiary/aromatic N) is 2. The molecule has 5 nitrogen and oxygen atoms in total. The number of halogens is 1. The summed E-state index contributed by atoms with van der Waals surface area (Å²) in [5.74, 6) is -0.259. The van der Waals surface area contributed by atoms with Crippen molar-refractivity contribution in [3.05, 3.63) is 81.6 Å². The number of aromatic nitrogens is 1. The van der Waals surface area contributed by atoms with E-state index in [4.69, 9.17) is 0 Å². The van der Waals surface area contributed by atoms with Gasteiger partial charge in [-0.1, -0.05) is 24.3 Å². The Kier molecular flexibility index (Phi) is 8.29. The largest absolute Gasteiger partial charge is 0.371 e. The number of carbonyl (C=O) groups excluding carboxylic acids is 1. The zero-order valence-electron chi connectivity index (χ0n) is 19.9. The fourth-order valence-electron chi connectivity index (χ4n) is 4.43. The van der Waals surface area contributed by atoms with Gasteiger partial charge in [-0.15, -0.1) is 11.3 Å². The first kappa shape index (κ1) is 24.4. The molecule has 0 radical (unpaired) electrons. The van der Waals surface area contributed by atoms with Gasteiger partial charge in [0.05, 0.1) is 17.1 Å². The third-order valence-corrected chi connectivity index (χ3v) is 7.14. The van der Waals surface area contributed by atoms with Gasteiger partial charge in [0.15, 0.2) is 0 Å².